The third kappa shape index (κ3) is 3.40. The fourth-order valence-corrected chi connectivity index (χ4v) is 2.44. The Hall–Kier alpha value is -3.22. The van der Waals surface area contributed by atoms with E-state index in [2.05, 4.69) is 31.8 Å². The molecule has 2 aromatic heterocycles. The molecule has 0 fully saturated rings. The van der Waals surface area contributed by atoms with Crippen LogP contribution in [0.5, 0.6) is 0 Å². The number of fused-ring (bicyclic) bond motifs is 1. The number of aromatic nitrogens is 4. The fourth-order valence-electron chi connectivity index (χ4n) is 2.44. The lowest BCUT2D eigenvalue weighted by Crippen LogP contribution is -2.22. The Balaban J connectivity index is 1.67. The molecular weight excluding hydrogens is 304 g/mol. The summed E-state index contributed by atoms with van der Waals surface area (Å²) in [6.07, 6.45) is 6.19. The number of nitrogens with two attached hydrogens (primary N) is 1. The molecule has 3 N–H and O–H groups in total. The molecule has 0 aliphatic heterocycles. The average molecular weight is 322 g/mol. The van der Waals surface area contributed by atoms with Crippen LogP contribution in [-0.4, -0.2) is 25.4 Å². The quantitative estimate of drug-likeness (QED) is 0.697. The molecule has 0 aliphatic rings. The number of carbonyl (C=O) groups excluding carboxylic acids is 1. The monoisotopic (exact) mass is 322 g/mol. The van der Waals surface area contributed by atoms with Gasteiger partial charge in [0, 0.05) is 30.6 Å². The SMILES string of the molecule is CCn1c(CNC(=O)C=Cc2cnc(N)nc2)nc2ccccc21. The lowest BCUT2D eigenvalue weighted by Gasteiger charge is -2.06. The van der Waals surface area contributed by atoms with E-state index in [0.717, 1.165) is 23.4 Å². The van der Waals surface area contributed by atoms with Gasteiger partial charge in [0.15, 0.2) is 0 Å². The first-order valence-corrected chi connectivity index (χ1v) is 7.65. The number of anilines is 1. The molecular formula is C17H18N6O. The molecule has 0 spiro atoms. The molecule has 2 heterocycles. The zero-order chi connectivity index (χ0) is 16.9. The molecule has 0 bridgehead atoms. The Morgan fingerprint density at radius 3 is 2.79 bits per heavy atom. The second-order valence-electron chi connectivity index (χ2n) is 5.19. The molecule has 3 rings (SSSR count). The summed E-state index contributed by atoms with van der Waals surface area (Å²) < 4.78 is 2.09. The summed E-state index contributed by atoms with van der Waals surface area (Å²) in [6.45, 7) is 3.22. The minimum absolute atomic E-state index is 0.204. The van der Waals surface area contributed by atoms with E-state index in [1.807, 2.05) is 24.3 Å². The zero-order valence-corrected chi connectivity index (χ0v) is 13.3. The Morgan fingerprint density at radius 1 is 1.29 bits per heavy atom. The highest BCUT2D eigenvalue weighted by Crippen LogP contribution is 2.15. The summed E-state index contributed by atoms with van der Waals surface area (Å²) >= 11 is 0. The number of hydrogen-bond donors (Lipinski definition) is 2. The number of nitrogens with zero attached hydrogens (tertiary/aromatic N) is 4. The van der Waals surface area contributed by atoms with Gasteiger partial charge in [-0.2, -0.15) is 0 Å². The van der Waals surface area contributed by atoms with Crippen LogP contribution in [0.1, 0.15) is 18.3 Å². The van der Waals surface area contributed by atoms with E-state index in [4.69, 9.17) is 5.73 Å². The summed E-state index contributed by atoms with van der Waals surface area (Å²) in [7, 11) is 0. The molecule has 7 heteroatoms. The van der Waals surface area contributed by atoms with Gasteiger partial charge in [-0.15, -0.1) is 0 Å². The number of imidazole rings is 1. The topological polar surface area (TPSA) is 98.7 Å². The van der Waals surface area contributed by atoms with Gasteiger partial charge < -0.3 is 15.6 Å². The highest BCUT2D eigenvalue weighted by molar-refractivity contribution is 5.91. The van der Waals surface area contributed by atoms with Crippen molar-refractivity contribution in [2.45, 2.75) is 20.0 Å². The third-order valence-electron chi connectivity index (χ3n) is 3.59. The highest BCUT2D eigenvalue weighted by atomic mass is 16.1. The van der Waals surface area contributed by atoms with Gasteiger partial charge in [0.05, 0.1) is 17.6 Å². The minimum atomic E-state index is -0.207. The van der Waals surface area contributed by atoms with Crippen molar-refractivity contribution in [2.24, 2.45) is 0 Å². The van der Waals surface area contributed by atoms with E-state index in [-0.39, 0.29) is 11.9 Å². The lowest BCUT2D eigenvalue weighted by atomic mass is 10.3. The Bertz CT molecular complexity index is 882. The molecule has 1 aromatic carbocycles. The average Bonchev–Trinajstić information content (AvgIpc) is 2.97. The molecule has 1 amide bonds. The van der Waals surface area contributed by atoms with E-state index in [0.29, 0.717) is 12.1 Å². The molecule has 7 nitrogen and oxygen atoms in total. The van der Waals surface area contributed by atoms with Crippen molar-refractivity contribution in [1.82, 2.24) is 24.8 Å². The van der Waals surface area contributed by atoms with Crippen molar-refractivity contribution in [2.75, 3.05) is 5.73 Å². The maximum absolute atomic E-state index is 12.0. The Labute approximate surface area is 139 Å². The van der Waals surface area contributed by atoms with Crippen molar-refractivity contribution in [3.63, 3.8) is 0 Å². The largest absolute Gasteiger partial charge is 0.368 e. The van der Waals surface area contributed by atoms with Gasteiger partial charge in [0.1, 0.15) is 5.82 Å². The number of carbonyl (C=O) groups is 1. The predicted molar refractivity (Wildman–Crippen MR) is 92.7 cm³/mol. The summed E-state index contributed by atoms with van der Waals surface area (Å²) in [5.41, 5.74) is 8.12. The van der Waals surface area contributed by atoms with E-state index in [9.17, 15) is 4.79 Å². The Kier molecular flexibility index (Phi) is 4.51. The highest BCUT2D eigenvalue weighted by Gasteiger charge is 2.09. The molecule has 0 atom stereocenters. The molecule has 24 heavy (non-hydrogen) atoms. The molecule has 0 saturated carbocycles. The maximum Gasteiger partial charge on any atom is 0.244 e. The van der Waals surface area contributed by atoms with E-state index in [1.165, 1.54) is 6.08 Å². The van der Waals surface area contributed by atoms with Crippen LogP contribution in [0.25, 0.3) is 17.1 Å². The first-order valence-electron chi connectivity index (χ1n) is 7.65. The predicted octanol–water partition coefficient (Wildman–Crippen LogP) is 1.76. The van der Waals surface area contributed by atoms with Gasteiger partial charge in [-0.1, -0.05) is 12.1 Å². The summed E-state index contributed by atoms with van der Waals surface area (Å²) in [5, 5.41) is 2.84. The van der Waals surface area contributed by atoms with E-state index < -0.39 is 0 Å². The molecule has 0 radical (unpaired) electrons. The second-order valence-corrected chi connectivity index (χ2v) is 5.19. The van der Waals surface area contributed by atoms with Crippen molar-refractivity contribution >= 4 is 29.0 Å². The van der Waals surface area contributed by atoms with E-state index >= 15 is 0 Å². The van der Waals surface area contributed by atoms with Crippen LogP contribution in [0, 0.1) is 0 Å². The number of hydrogen-bond acceptors (Lipinski definition) is 5. The molecule has 0 saturated heterocycles. The smallest absolute Gasteiger partial charge is 0.244 e. The summed E-state index contributed by atoms with van der Waals surface area (Å²) in [5.74, 6) is 0.827. The van der Waals surface area contributed by atoms with Gasteiger partial charge in [0.25, 0.3) is 0 Å². The summed E-state index contributed by atoms with van der Waals surface area (Å²) in [6, 6.07) is 7.93. The maximum atomic E-state index is 12.0. The molecule has 0 unspecified atom stereocenters. The minimum Gasteiger partial charge on any atom is -0.368 e. The van der Waals surface area contributed by atoms with Crippen molar-refractivity contribution in [3.05, 3.63) is 54.1 Å². The van der Waals surface area contributed by atoms with Gasteiger partial charge in [0.2, 0.25) is 11.9 Å². The number of benzene rings is 1. The Morgan fingerprint density at radius 2 is 2.04 bits per heavy atom. The first-order chi connectivity index (χ1) is 11.7. The second kappa shape index (κ2) is 6.91. The van der Waals surface area contributed by atoms with Crippen LogP contribution in [0.4, 0.5) is 5.95 Å². The van der Waals surface area contributed by atoms with Crippen molar-refractivity contribution < 1.29 is 4.79 Å². The van der Waals surface area contributed by atoms with Gasteiger partial charge in [-0.05, 0) is 25.1 Å². The van der Waals surface area contributed by atoms with Crippen LogP contribution >= 0.6 is 0 Å². The number of aryl methyl sites for hydroxylation is 1. The number of amides is 1. The number of nitrogens with one attached hydrogen (secondary N) is 1. The van der Waals surface area contributed by atoms with Crippen LogP contribution < -0.4 is 11.1 Å². The van der Waals surface area contributed by atoms with Crippen LogP contribution in [0.3, 0.4) is 0 Å². The van der Waals surface area contributed by atoms with Crippen molar-refractivity contribution in [3.8, 4) is 0 Å². The van der Waals surface area contributed by atoms with Crippen LogP contribution in [0.2, 0.25) is 0 Å². The standard InChI is InChI=1S/C17H18N6O/c1-2-23-14-6-4-3-5-13(14)22-15(23)11-19-16(24)8-7-12-9-20-17(18)21-10-12/h3-10H,2,11H2,1H3,(H,19,24)(H2,18,20,21). The third-order valence-corrected chi connectivity index (χ3v) is 3.59. The fraction of sp³-hybridized carbons (Fsp3) is 0.176. The molecule has 3 aromatic rings. The first kappa shape index (κ1) is 15.7. The van der Waals surface area contributed by atoms with Gasteiger partial charge in [-0.25, -0.2) is 15.0 Å². The number of rotatable bonds is 5. The zero-order valence-electron chi connectivity index (χ0n) is 13.3. The van der Waals surface area contributed by atoms with Gasteiger partial charge >= 0.3 is 0 Å². The summed E-state index contributed by atoms with van der Waals surface area (Å²) in [4.78, 5) is 24.3. The number of para-hydroxylation sites is 2. The van der Waals surface area contributed by atoms with Crippen LogP contribution in [0.15, 0.2) is 42.7 Å². The molecule has 0 aliphatic carbocycles. The van der Waals surface area contributed by atoms with Crippen molar-refractivity contribution in [1.29, 1.82) is 0 Å². The number of nitrogen functional groups attached to an aromatic ring is 1. The van der Waals surface area contributed by atoms with E-state index in [1.54, 1.807) is 18.5 Å². The van der Waals surface area contributed by atoms with Crippen LogP contribution in [-0.2, 0) is 17.9 Å². The van der Waals surface area contributed by atoms with Gasteiger partial charge in [-0.3, -0.25) is 4.79 Å². The molecule has 122 valence electrons. The normalized spacial score (nSPS) is 11.2. The lowest BCUT2D eigenvalue weighted by molar-refractivity contribution is -0.116.